The average molecular weight is 187 g/mol. The molecule has 0 radical (unpaired) electrons. The Labute approximate surface area is 74.0 Å². The number of amides is 4. The summed E-state index contributed by atoms with van der Waals surface area (Å²) >= 11 is 0. The summed E-state index contributed by atoms with van der Waals surface area (Å²) in [6.45, 7) is 1.58. The van der Waals surface area contributed by atoms with Gasteiger partial charge in [0, 0.05) is 0 Å². The highest BCUT2D eigenvalue weighted by Gasteiger charge is 2.26. The molecule has 0 aromatic rings. The Morgan fingerprint density at radius 1 is 1.62 bits per heavy atom. The second kappa shape index (κ2) is 3.74. The lowest BCUT2D eigenvalue weighted by molar-refractivity contribution is -0.122. The fourth-order valence-corrected chi connectivity index (χ4v) is 0.811. The molecule has 0 aromatic heterocycles. The predicted octanol–water partition coefficient (Wildman–Crippen LogP) is -0.801. The normalized spacial score (nSPS) is 16.2. The second-order valence-corrected chi connectivity index (χ2v) is 2.27. The molecule has 13 heavy (non-hydrogen) atoms. The van der Waals surface area contributed by atoms with Gasteiger partial charge in [-0.2, -0.15) is 0 Å². The summed E-state index contributed by atoms with van der Waals surface area (Å²) in [5, 5.41) is 2.78. The number of ether oxygens (including phenoxy) is 1. The maximum absolute atomic E-state index is 11.0. The van der Waals surface area contributed by atoms with E-state index in [4.69, 9.17) is 0 Å². The molecule has 0 aromatic carbocycles. The van der Waals surface area contributed by atoms with Crippen LogP contribution in [0.5, 0.6) is 0 Å². The maximum Gasteiger partial charge on any atom is 0.429 e. The first-order valence-corrected chi connectivity index (χ1v) is 3.68. The number of hydrogen-bond donors (Lipinski definition) is 2. The number of nitrogens with zero attached hydrogens (tertiary/aromatic N) is 1. The van der Waals surface area contributed by atoms with Crippen molar-refractivity contribution in [1.82, 2.24) is 15.8 Å². The molecule has 0 atom stereocenters. The van der Waals surface area contributed by atoms with E-state index in [1.165, 1.54) is 0 Å². The van der Waals surface area contributed by atoms with Crippen LogP contribution in [0.4, 0.5) is 9.59 Å². The third kappa shape index (κ3) is 2.32. The molecule has 0 aliphatic carbocycles. The van der Waals surface area contributed by atoms with E-state index in [2.05, 4.69) is 10.2 Å². The highest BCUT2D eigenvalue weighted by atomic mass is 16.6. The number of urea groups is 1. The van der Waals surface area contributed by atoms with Gasteiger partial charge >= 0.3 is 12.1 Å². The van der Waals surface area contributed by atoms with Gasteiger partial charge in [-0.3, -0.25) is 10.1 Å². The van der Waals surface area contributed by atoms with Crippen LogP contribution < -0.4 is 10.7 Å². The van der Waals surface area contributed by atoms with Crippen molar-refractivity contribution in [3.63, 3.8) is 0 Å². The van der Waals surface area contributed by atoms with Gasteiger partial charge in [0.15, 0.2) is 0 Å². The number of hydrazine groups is 1. The molecule has 1 fully saturated rings. The average Bonchev–Trinajstić information content (AvgIpc) is 2.03. The van der Waals surface area contributed by atoms with Crippen LogP contribution in [0.1, 0.15) is 6.92 Å². The smallest absolute Gasteiger partial charge is 0.429 e. The minimum atomic E-state index is -0.745. The fraction of sp³-hybridized carbons (Fsp3) is 0.500. The third-order valence-corrected chi connectivity index (χ3v) is 1.28. The summed E-state index contributed by atoms with van der Waals surface area (Å²) in [4.78, 5) is 32.5. The van der Waals surface area contributed by atoms with E-state index in [-0.39, 0.29) is 13.2 Å². The van der Waals surface area contributed by atoms with Crippen LogP contribution in [0.3, 0.4) is 0 Å². The number of hydrogen-bond acceptors (Lipinski definition) is 4. The Bertz CT molecular complexity index is 236. The van der Waals surface area contributed by atoms with Crippen molar-refractivity contribution >= 4 is 18.0 Å². The van der Waals surface area contributed by atoms with E-state index in [0.29, 0.717) is 0 Å². The van der Waals surface area contributed by atoms with Gasteiger partial charge < -0.3 is 4.74 Å². The molecule has 0 unspecified atom stereocenters. The molecule has 7 heteroatoms. The van der Waals surface area contributed by atoms with Crippen LogP contribution in [-0.2, 0) is 9.53 Å². The van der Waals surface area contributed by atoms with E-state index < -0.39 is 18.0 Å². The van der Waals surface area contributed by atoms with E-state index >= 15 is 0 Å². The fourth-order valence-electron chi connectivity index (χ4n) is 0.811. The van der Waals surface area contributed by atoms with Crippen LogP contribution in [-0.4, -0.2) is 36.2 Å². The van der Waals surface area contributed by atoms with Crippen molar-refractivity contribution in [2.75, 3.05) is 13.2 Å². The number of imide groups is 1. The first-order valence-electron chi connectivity index (χ1n) is 3.68. The highest BCUT2D eigenvalue weighted by molar-refractivity contribution is 5.99. The summed E-state index contributed by atoms with van der Waals surface area (Å²) in [5.41, 5.74) is 2.12. The molecule has 1 saturated heterocycles. The largest absolute Gasteiger partial charge is 0.448 e. The molecular weight excluding hydrogens is 178 g/mol. The molecule has 0 saturated carbocycles. The zero-order valence-electron chi connectivity index (χ0n) is 6.99. The zero-order valence-corrected chi connectivity index (χ0v) is 6.99. The van der Waals surface area contributed by atoms with Gasteiger partial charge in [0.2, 0.25) is 5.91 Å². The number of carbonyl (C=O) groups is 3. The van der Waals surface area contributed by atoms with Crippen molar-refractivity contribution < 1.29 is 19.1 Å². The van der Waals surface area contributed by atoms with Crippen LogP contribution in [0.15, 0.2) is 0 Å². The summed E-state index contributed by atoms with van der Waals surface area (Å²) in [6, 6.07) is -0.732. The quantitative estimate of drug-likeness (QED) is 0.562. The number of carbonyl (C=O) groups excluding carboxylic acids is 3. The van der Waals surface area contributed by atoms with Gasteiger partial charge in [0.25, 0.3) is 0 Å². The Hall–Kier alpha value is -1.79. The van der Waals surface area contributed by atoms with E-state index in [1.807, 2.05) is 5.32 Å². The van der Waals surface area contributed by atoms with Crippen molar-refractivity contribution in [3.8, 4) is 0 Å². The van der Waals surface area contributed by atoms with E-state index in [0.717, 1.165) is 5.01 Å². The van der Waals surface area contributed by atoms with E-state index in [1.54, 1.807) is 6.92 Å². The van der Waals surface area contributed by atoms with Crippen LogP contribution in [0.2, 0.25) is 0 Å². The van der Waals surface area contributed by atoms with Gasteiger partial charge in [-0.05, 0) is 6.92 Å². The SMILES string of the molecule is CCOC(=O)N1CC(=O)NC(=O)N1. The van der Waals surface area contributed by atoms with Gasteiger partial charge in [-0.1, -0.05) is 0 Å². The lowest BCUT2D eigenvalue weighted by Gasteiger charge is -2.25. The monoisotopic (exact) mass is 187 g/mol. The molecule has 1 aliphatic rings. The third-order valence-electron chi connectivity index (χ3n) is 1.28. The van der Waals surface area contributed by atoms with Gasteiger partial charge in [-0.25, -0.2) is 20.0 Å². The number of nitrogens with one attached hydrogen (secondary N) is 2. The molecule has 1 heterocycles. The summed E-state index contributed by atoms with van der Waals surface area (Å²) < 4.78 is 4.57. The van der Waals surface area contributed by atoms with Crippen molar-refractivity contribution in [1.29, 1.82) is 0 Å². The molecule has 7 nitrogen and oxygen atoms in total. The Balaban J connectivity index is 2.54. The minimum Gasteiger partial charge on any atom is -0.448 e. The summed E-state index contributed by atoms with van der Waals surface area (Å²) in [5.74, 6) is -0.545. The molecule has 0 bridgehead atoms. The maximum atomic E-state index is 11.0. The summed E-state index contributed by atoms with van der Waals surface area (Å²) in [7, 11) is 0. The lowest BCUT2D eigenvalue weighted by Crippen LogP contribution is -2.60. The zero-order chi connectivity index (χ0) is 9.84. The first kappa shape index (κ1) is 9.30. The first-order chi connectivity index (χ1) is 6.13. The predicted molar refractivity (Wildman–Crippen MR) is 40.4 cm³/mol. The number of rotatable bonds is 1. The standard InChI is InChI=1S/C6H9N3O4/c1-2-13-6(12)9-3-4(10)7-5(11)8-9/h2-3H2,1H3,(H2,7,8,10,11). The lowest BCUT2D eigenvalue weighted by atomic mass is 10.5. The van der Waals surface area contributed by atoms with Gasteiger partial charge in [0.05, 0.1) is 6.61 Å². The Morgan fingerprint density at radius 3 is 2.85 bits per heavy atom. The molecule has 72 valence electrons. The molecule has 4 amide bonds. The second-order valence-electron chi connectivity index (χ2n) is 2.27. The van der Waals surface area contributed by atoms with Crippen LogP contribution in [0.25, 0.3) is 0 Å². The molecule has 1 rings (SSSR count). The topological polar surface area (TPSA) is 87.7 Å². The van der Waals surface area contributed by atoms with Crippen LogP contribution >= 0.6 is 0 Å². The highest BCUT2D eigenvalue weighted by Crippen LogP contribution is 1.93. The molecule has 2 N–H and O–H groups in total. The molecule has 0 spiro atoms. The van der Waals surface area contributed by atoms with Gasteiger partial charge in [0.1, 0.15) is 6.54 Å². The van der Waals surface area contributed by atoms with Crippen molar-refractivity contribution in [2.45, 2.75) is 6.92 Å². The van der Waals surface area contributed by atoms with E-state index in [9.17, 15) is 14.4 Å². The Kier molecular flexibility index (Phi) is 2.68. The Morgan fingerprint density at radius 2 is 2.31 bits per heavy atom. The van der Waals surface area contributed by atoms with Crippen LogP contribution in [0, 0.1) is 0 Å². The minimum absolute atomic E-state index is 0.187. The summed E-state index contributed by atoms with van der Waals surface area (Å²) in [6.07, 6.45) is -0.745. The van der Waals surface area contributed by atoms with Gasteiger partial charge in [-0.15, -0.1) is 0 Å². The molecular formula is C6H9N3O4. The van der Waals surface area contributed by atoms with Crippen molar-refractivity contribution in [3.05, 3.63) is 0 Å². The van der Waals surface area contributed by atoms with Crippen molar-refractivity contribution in [2.24, 2.45) is 0 Å². The molecule has 1 aliphatic heterocycles.